The van der Waals surface area contributed by atoms with Crippen LogP contribution < -0.4 is 35.5 Å². The molecule has 6 N–H and O–H groups in total. The molecule has 0 spiro atoms. The number of aliphatic hydroxyl groups excluding tert-OH is 2. The van der Waals surface area contributed by atoms with Crippen molar-refractivity contribution in [1.82, 2.24) is 51.0 Å². The molecule has 14 rings (SSSR count). The molecule has 5 heterocycles. The lowest BCUT2D eigenvalue weighted by atomic mass is 9.95. The smallest absolute Gasteiger partial charge is 0.410 e. The van der Waals surface area contributed by atoms with Gasteiger partial charge in [0.05, 0.1) is 121 Å². The Morgan fingerprint density at radius 3 is 1.30 bits per heavy atom. The van der Waals surface area contributed by atoms with Crippen LogP contribution in [0, 0.1) is 40.3 Å². The number of amides is 3. The zero-order valence-electron chi connectivity index (χ0n) is 65.0. The van der Waals surface area contributed by atoms with Crippen LogP contribution in [0.15, 0.2) is 206 Å². The van der Waals surface area contributed by atoms with Crippen LogP contribution in [0.4, 0.5) is 48.2 Å². The Morgan fingerprint density at radius 1 is 0.512 bits per heavy atom. The molecular formula is C83H73Cl6F6N19O9. The van der Waals surface area contributed by atoms with Crippen molar-refractivity contribution in [2.24, 2.45) is 36.2 Å². The highest BCUT2D eigenvalue weighted by Gasteiger charge is 2.46. The van der Waals surface area contributed by atoms with Gasteiger partial charge in [-0.25, -0.2) is 34.8 Å². The molecule has 1 aliphatic carbocycles. The molecule has 28 nitrogen and oxygen atoms in total. The van der Waals surface area contributed by atoms with Crippen LogP contribution in [0.3, 0.4) is 0 Å². The van der Waals surface area contributed by atoms with Crippen LogP contribution in [0.5, 0.6) is 17.2 Å². The van der Waals surface area contributed by atoms with Crippen LogP contribution in [0.1, 0.15) is 59.9 Å². The predicted molar refractivity (Wildman–Crippen MR) is 451 cm³/mol. The van der Waals surface area contributed by atoms with E-state index in [1.54, 1.807) is 86.0 Å². The number of aliphatic hydroxyl groups is 2. The zero-order valence-corrected chi connectivity index (χ0v) is 69.5. The van der Waals surface area contributed by atoms with Gasteiger partial charge in [0.15, 0.2) is 18.6 Å². The van der Waals surface area contributed by atoms with Gasteiger partial charge in [0.25, 0.3) is 0 Å². The van der Waals surface area contributed by atoms with E-state index in [0.29, 0.717) is 66.4 Å². The molecule has 5 aliphatic heterocycles. The van der Waals surface area contributed by atoms with Crippen molar-refractivity contribution in [2.75, 3.05) is 53.4 Å². The number of likely N-dealkylation sites (tertiary alicyclic amines) is 1. The maximum absolute atomic E-state index is 14.4. The number of guanidine groups is 3. The lowest BCUT2D eigenvalue weighted by molar-refractivity contribution is -0.135. The molecule has 0 saturated carbocycles. The highest BCUT2D eigenvalue weighted by atomic mass is 35.5. The Hall–Kier alpha value is -12.1. The van der Waals surface area contributed by atoms with Gasteiger partial charge in [0, 0.05) is 68.2 Å². The van der Waals surface area contributed by atoms with Crippen LogP contribution >= 0.6 is 69.6 Å². The molecule has 8 aromatic carbocycles. The summed E-state index contributed by atoms with van der Waals surface area (Å²) < 4.78 is 95.2. The highest BCUT2D eigenvalue weighted by Crippen LogP contribution is 2.45. The van der Waals surface area contributed by atoms with Crippen LogP contribution in [0.2, 0.25) is 30.1 Å². The molecule has 123 heavy (non-hydrogen) atoms. The summed E-state index contributed by atoms with van der Waals surface area (Å²) in [7, 11) is 3.17. The summed E-state index contributed by atoms with van der Waals surface area (Å²) in [4.78, 5) is 58.7. The van der Waals surface area contributed by atoms with Crippen LogP contribution in [0.25, 0.3) is 11.1 Å². The van der Waals surface area contributed by atoms with Crippen molar-refractivity contribution in [3.8, 4) is 47.0 Å². The number of nitrogens with zero attached hydrogens (tertiary/aromatic N) is 15. The van der Waals surface area contributed by atoms with Gasteiger partial charge in [0.1, 0.15) is 29.9 Å². The van der Waals surface area contributed by atoms with E-state index in [1.807, 2.05) is 73.9 Å². The first-order chi connectivity index (χ1) is 59.1. The largest absolute Gasteiger partial charge is 0.448 e. The third kappa shape index (κ3) is 22.2. The van der Waals surface area contributed by atoms with E-state index in [1.165, 1.54) is 85.4 Å². The van der Waals surface area contributed by atoms with E-state index in [0.717, 1.165) is 39.9 Å². The number of ether oxygens (including phenoxy) is 4. The summed E-state index contributed by atoms with van der Waals surface area (Å²) >= 11 is 37.1. The number of rotatable bonds is 19. The second kappa shape index (κ2) is 41.2. The number of nitriles is 3. The molecular weight excluding hydrogens is 1730 g/mol. The molecule has 7 atom stereocenters. The predicted octanol–water partition coefficient (Wildman–Crippen LogP) is 14.9. The Labute approximate surface area is 730 Å². The Kier molecular flexibility index (Phi) is 30.1. The highest BCUT2D eigenvalue weighted by molar-refractivity contribution is 6.43. The molecule has 2 saturated heterocycles. The minimum Gasteiger partial charge on any atom is -0.448 e. The SMILES string of the molecule is CCC1CN(C(=Nc2cccc(OC(F)F)c2)NC#N)N=C1c1ccc(Cl)c(Cl)c1.CN(C(=O)[C@H]1C[C@@H](O)CN1)C1CN(C(=Nc2cccc(OC(F)F)c2)NC#N)N=C1c1ccc(Cl)c(Cl)c1.CN(C(=O)[C@H]1C[C@@H](O)CN1C(=O)OCC1c2ccccc2-c2ccccc21)C1CN(C(=Nc2cccc(OC(F)F)c2)NC#N)N=C1c1ccc(Cl)c(Cl)c1. The zero-order chi connectivity index (χ0) is 87.9. The lowest BCUT2D eigenvalue weighted by Gasteiger charge is -2.31. The number of halogens is 12. The van der Waals surface area contributed by atoms with Crippen molar-refractivity contribution < 1.29 is 69.9 Å². The fourth-order valence-corrected chi connectivity index (χ4v) is 15.3. The van der Waals surface area contributed by atoms with Gasteiger partial charge in [-0.05, 0) is 113 Å². The van der Waals surface area contributed by atoms with Crippen LogP contribution in [-0.4, -0.2) is 202 Å². The molecule has 0 bridgehead atoms. The molecule has 0 aromatic heterocycles. The first-order valence-electron chi connectivity index (χ1n) is 37.6. The van der Waals surface area contributed by atoms with Crippen molar-refractivity contribution in [3.05, 3.63) is 234 Å². The minimum absolute atomic E-state index is 0.00276. The van der Waals surface area contributed by atoms with Gasteiger partial charge in [-0.1, -0.05) is 161 Å². The second-order valence-corrected chi connectivity index (χ2v) is 30.4. The molecule has 6 aliphatic rings. The number of alkyl halides is 6. The summed E-state index contributed by atoms with van der Waals surface area (Å²) in [6, 6.07) is 45.0. The van der Waals surface area contributed by atoms with E-state index >= 15 is 0 Å². The van der Waals surface area contributed by atoms with Gasteiger partial charge in [-0.3, -0.25) is 30.4 Å². The van der Waals surface area contributed by atoms with E-state index in [2.05, 4.69) is 60.7 Å². The number of fused-ring (bicyclic) bond motifs is 3. The number of carbonyl (C=O) groups is 3. The fourth-order valence-electron chi connectivity index (χ4n) is 14.4. The van der Waals surface area contributed by atoms with Crippen LogP contribution in [-0.2, 0) is 14.3 Å². The molecule has 3 unspecified atom stereocenters. The number of likely N-dealkylation sites (N-methyl/N-ethyl adjacent to an activating group) is 2. The van der Waals surface area contributed by atoms with E-state index < -0.39 is 68.2 Å². The number of carbonyl (C=O) groups excluding carboxylic acids is 3. The van der Waals surface area contributed by atoms with Gasteiger partial charge < -0.3 is 44.3 Å². The summed E-state index contributed by atoms with van der Waals surface area (Å²) in [6.45, 7) is -6.18. The lowest BCUT2D eigenvalue weighted by Crippen LogP contribution is -2.53. The average molecular weight is 1810 g/mol. The Balaban J connectivity index is 0.000000178. The number of β-amino-alcohol motifs (C(OH)–C–C–N with tert-alkyl or cyclic N) is 2. The average Bonchev–Trinajstić information content (AvgIpc) is 1.61. The minimum atomic E-state index is -3.05. The Morgan fingerprint density at radius 2 is 0.911 bits per heavy atom. The normalized spacial score (nSPS) is 19.1. The first-order valence-corrected chi connectivity index (χ1v) is 39.9. The maximum Gasteiger partial charge on any atom is 0.410 e. The van der Waals surface area contributed by atoms with Gasteiger partial charge in [0.2, 0.25) is 29.7 Å². The van der Waals surface area contributed by atoms with Gasteiger partial charge >= 0.3 is 25.9 Å². The third-order valence-corrected chi connectivity index (χ3v) is 22.4. The van der Waals surface area contributed by atoms with Gasteiger partial charge in [-0.15, -0.1) is 0 Å². The molecule has 40 heteroatoms. The molecule has 638 valence electrons. The fraction of sp³-hybridized carbons (Fsp3) is 0.277. The summed E-state index contributed by atoms with van der Waals surface area (Å²) in [5, 5.41) is 79.5. The standard InChI is InChI=1S/C39H33Cl2F2N7O5.C24H23Cl2F2N7O3.C20H17Cl2F2N5O/c1-48(36(52)33-17-24(51)18-49(33)39(53)54-20-30-28-11-4-2-9-26(28)27-10-3-5-12-29(27)30)34-19-50(47-35(34)22-13-14-31(40)32(41)15-22)38(45-21-44)46-23-7-6-8-25(16-23)55-37(42)43;1-34(22(37)19-9-15(36)10-30-19)20-11-35(33-21(20)13-5-6-17(25)18(26)7-13)24(31-12-29)32-14-3-2-4-16(8-14)38-23(27)28;1-2-12-10-29(28-18(12)13-6-7-16(21)17(22)8-13)20(26-11-25)27-14-4-3-5-15(9-14)30-19(23)24/h2-16,24,30,33-34,37,51H,17-20H2,1H3,(H,45,46);2-8,15,19-20,23,30,36H,9-11H2,1H3,(H,31,32);3-9,12,19H,2,10H2,1H3,(H,26,27)/t24-,33-,34?;15-,19-,20?;/m11./s1. The number of hydrogen-bond donors (Lipinski definition) is 6. The van der Waals surface area contributed by atoms with E-state index in [4.69, 9.17) is 84.7 Å². The monoisotopic (exact) mass is 1800 g/mol. The third-order valence-electron chi connectivity index (χ3n) is 20.2. The Bertz CT molecular complexity index is 5540. The van der Waals surface area contributed by atoms with Crippen molar-refractivity contribution in [3.63, 3.8) is 0 Å². The molecule has 0 radical (unpaired) electrons. The molecule has 3 amide bonds. The van der Waals surface area contributed by atoms with E-state index in [-0.39, 0.29) is 108 Å². The number of benzene rings is 8. The number of hydrogen-bond acceptors (Lipinski definition) is 19. The van der Waals surface area contributed by atoms with Gasteiger partial charge in [-0.2, -0.15) is 57.4 Å². The number of hydrazone groups is 3. The quantitative estimate of drug-likeness (QED) is 0.0144. The summed E-state index contributed by atoms with van der Waals surface area (Å²) in [6.07, 6.45) is 4.16. The topological polar surface area (TPSA) is 342 Å². The molecule has 8 aromatic rings. The number of aliphatic imine (C=N–C) groups is 3. The second-order valence-electron chi connectivity index (χ2n) is 28.0. The first kappa shape index (κ1) is 90.1. The van der Waals surface area contributed by atoms with Crippen molar-refractivity contribution >= 4 is 140 Å². The maximum atomic E-state index is 14.4. The van der Waals surface area contributed by atoms with Crippen molar-refractivity contribution in [2.45, 2.75) is 88.3 Å². The summed E-state index contributed by atoms with van der Waals surface area (Å²) in [5.74, 6) is -1.06. The molecule has 2 fully saturated rings. The summed E-state index contributed by atoms with van der Waals surface area (Å²) in [5.41, 5.74) is 8.46. The van der Waals surface area contributed by atoms with E-state index in [9.17, 15) is 61.5 Å². The number of nitrogens with one attached hydrogen (secondary N) is 4. The van der Waals surface area contributed by atoms with Crippen molar-refractivity contribution in [1.29, 1.82) is 15.8 Å².